The molecule has 2 rings (SSSR count). The minimum absolute atomic E-state index is 0.0810. The maximum absolute atomic E-state index is 12.9. The number of allylic oxidation sites excluding steroid dienone is 1. The van der Waals surface area contributed by atoms with Crippen LogP contribution in [0.4, 0.5) is 32.0 Å². The molecule has 152 valence electrons. The molecular formula is C15H9Cl2F6N3OS. The molecule has 0 spiro atoms. The van der Waals surface area contributed by atoms with Crippen LogP contribution in [-0.4, -0.2) is 12.1 Å². The minimum atomic E-state index is -4.74. The molecule has 13 heteroatoms. The Morgan fingerprint density at radius 2 is 1.79 bits per heavy atom. The molecule has 0 amide bonds. The van der Waals surface area contributed by atoms with Gasteiger partial charge in [-0.2, -0.15) is 31.6 Å². The molecule has 0 atom stereocenters. The molecule has 0 saturated heterocycles. The van der Waals surface area contributed by atoms with Crippen LogP contribution in [0.5, 0.6) is 0 Å². The molecule has 28 heavy (non-hydrogen) atoms. The van der Waals surface area contributed by atoms with E-state index in [2.05, 4.69) is 5.43 Å². The van der Waals surface area contributed by atoms with Crippen LogP contribution in [0.1, 0.15) is 12.5 Å². The number of hydrogen-bond donors (Lipinski definition) is 1. The third-order valence-corrected chi connectivity index (χ3v) is 4.61. The summed E-state index contributed by atoms with van der Waals surface area (Å²) in [7, 11) is 0. The van der Waals surface area contributed by atoms with Gasteiger partial charge in [0.05, 0.1) is 27.1 Å². The molecule has 0 aliphatic carbocycles. The topological polar surface area (TPSA) is 48.3 Å². The van der Waals surface area contributed by atoms with Gasteiger partial charge in [-0.3, -0.25) is 5.43 Å². The zero-order chi connectivity index (χ0) is 21.3. The first-order valence-electron chi connectivity index (χ1n) is 7.24. The van der Waals surface area contributed by atoms with E-state index in [1.165, 1.54) is 0 Å². The molecule has 4 nitrogen and oxygen atoms in total. The number of nitrogens with zero attached hydrogens (tertiary/aromatic N) is 2. The van der Waals surface area contributed by atoms with Gasteiger partial charge in [0.2, 0.25) is 0 Å². The first kappa shape index (κ1) is 22.4. The van der Waals surface area contributed by atoms with Crippen molar-refractivity contribution < 1.29 is 31.1 Å². The fourth-order valence-corrected chi connectivity index (χ4v) is 3.46. The Morgan fingerprint density at radius 3 is 2.21 bits per heavy atom. The summed E-state index contributed by atoms with van der Waals surface area (Å²) in [4.78, 5) is -0.546. The van der Waals surface area contributed by atoms with Crippen molar-refractivity contribution >= 4 is 40.7 Å². The minimum Gasteiger partial charge on any atom is -0.499 e. The van der Waals surface area contributed by atoms with E-state index in [0.29, 0.717) is 12.1 Å². The predicted molar refractivity (Wildman–Crippen MR) is 93.1 cm³/mol. The zero-order valence-corrected chi connectivity index (χ0v) is 16.0. The third kappa shape index (κ3) is 4.92. The summed E-state index contributed by atoms with van der Waals surface area (Å²) >= 11 is 11.3. The largest absolute Gasteiger partial charge is 0.499 e. The van der Waals surface area contributed by atoms with E-state index in [9.17, 15) is 31.6 Å². The second-order valence-electron chi connectivity index (χ2n) is 5.06. The second-order valence-corrected chi connectivity index (χ2v) is 6.95. The molecule has 1 aromatic carbocycles. The van der Waals surface area contributed by atoms with E-state index >= 15 is 0 Å². The first-order chi connectivity index (χ1) is 12.9. The van der Waals surface area contributed by atoms with E-state index in [1.807, 2.05) is 0 Å². The number of hydrazine groups is 1. The molecule has 0 radical (unpaired) electrons. The van der Waals surface area contributed by atoms with Gasteiger partial charge in [0, 0.05) is 0 Å². The lowest BCUT2D eigenvalue weighted by atomic mass is 10.2. The monoisotopic (exact) mass is 463 g/mol. The Labute approximate surface area is 169 Å². The van der Waals surface area contributed by atoms with Crippen molar-refractivity contribution in [1.29, 1.82) is 5.26 Å². The van der Waals surface area contributed by atoms with Crippen LogP contribution in [0.15, 0.2) is 34.7 Å². The highest BCUT2D eigenvalue weighted by Gasteiger charge is 2.40. The van der Waals surface area contributed by atoms with E-state index in [1.54, 1.807) is 13.0 Å². The molecular weight excluding hydrogens is 455 g/mol. The van der Waals surface area contributed by atoms with Crippen LogP contribution in [0.3, 0.4) is 0 Å². The van der Waals surface area contributed by atoms with Gasteiger partial charge in [-0.1, -0.05) is 23.2 Å². The normalized spacial score (nSPS) is 16.4. The van der Waals surface area contributed by atoms with Crippen LogP contribution >= 0.6 is 35.0 Å². The number of nitriles is 1. The number of nitrogens with one attached hydrogen (secondary N) is 1. The number of hydrogen-bond acceptors (Lipinski definition) is 5. The predicted octanol–water partition coefficient (Wildman–Crippen LogP) is 6.20. The Hall–Kier alpha value is -1.90. The highest BCUT2D eigenvalue weighted by atomic mass is 35.5. The molecule has 0 saturated carbocycles. The fourth-order valence-electron chi connectivity index (χ4n) is 2.13. The summed E-state index contributed by atoms with van der Waals surface area (Å²) in [6, 6.07) is 2.71. The number of thioether (sulfide) groups is 1. The van der Waals surface area contributed by atoms with Gasteiger partial charge in [0.15, 0.2) is 0 Å². The smallest absolute Gasteiger partial charge is 0.446 e. The number of ether oxygens (including phenoxy) is 1. The Bertz CT molecular complexity index is 853. The Balaban J connectivity index is 2.59. The summed E-state index contributed by atoms with van der Waals surface area (Å²) in [5, 5.41) is 9.05. The Kier molecular flexibility index (Phi) is 6.58. The highest BCUT2D eigenvalue weighted by molar-refractivity contribution is 8.04. The lowest BCUT2D eigenvalue weighted by Crippen LogP contribution is -2.31. The van der Waals surface area contributed by atoms with Gasteiger partial charge < -0.3 is 4.74 Å². The molecule has 1 heterocycles. The van der Waals surface area contributed by atoms with Crippen molar-refractivity contribution in [3.8, 4) is 6.07 Å². The standard InChI is InChI=1S/C15H9Cl2F6N3OS/c1-2-27-6-11-13(28-15(21,22)23)10(5-24)25-26(11)12-8(16)3-7(4-9(12)17)14(18,19)20/h3-4,6,25H,2H2,1H3. The van der Waals surface area contributed by atoms with Crippen LogP contribution in [-0.2, 0) is 10.9 Å². The molecule has 0 fully saturated rings. The van der Waals surface area contributed by atoms with E-state index in [-0.39, 0.29) is 18.0 Å². The van der Waals surface area contributed by atoms with Gasteiger partial charge in [0.1, 0.15) is 29.4 Å². The number of benzene rings is 1. The zero-order valence-electron chi connectivity index (χ0n) is 13.7. The van der Waals surface area contributed by atoms with Crippen LogP contribution in [0.25, 0.3) is 0 Å². The van der Waals surface area contributed by atoms with E-state index in [0.717, 1.165) is 11.3 Å². The van der Waals surface area contributed by atoms with Gasteiger partial charge >= 0.3 is 11.7 Å². The quantitative estimate of drug-likeness (QED) is 0.425. The van der Waals surface area contributed by atoms with Crippen molar-refractivity contribution in [2.75, 3.05) is 11.6 Å². The van der Waals surface area contributed by atoms with Crippen LogP contribution in [0.2, 0.25) is 10.0 Å². The fraction of sp³-hybridized carbons (Fsp3) is 0.267. The lowest BCUT2D eigenvalue weighted by molar-refractivity contribution is -0.137. The number of alkyl halides is 6. The third-order valence-electron chi connectivity index (χ3n) is 3.18. The molecule has 1 aliphatic heterocycles. The van der Waals surface area contributed by atoms with Gasteiger partial charge in [-0.15, -0.1) is 0 Å². The average molecular weight is 464 g/mol. The second kappa shape index (κ2) is 8.23. The maximum atomic E-state index is 12.9. The molecule has 1 aliphatic rings. The molecule has 0 unspecified atom stereocenters. The summed E-state index contributed by atoms with van der Waals surface area (Å²) in [5.74, 6) is 0. The Morgan fingerprint density at radius 1 is 1.21 bits per heavy atom. The van der Waals surface area contributed by atoms with Crippen molar-refractivity contribution in [1.82, 2.24) is 5.43 Å². The van der Waals surface area contributed by atoms with Crippen LogP contribution in [0, 0.1) is 11.3 Å². The summed E-state index contributed by atoms with van der Waals surface area (Å²) in [6.07, 6.45) is -3.81. The molecule has 1 aromatic rings. The van der Waals surface area contributed by atoms with Gasteiger partial charge in [-0.25, -0.2) is 5.01 Å². The lowest BCUT2D eigenvalue weighted by Gasteiger charge is -2.24. The first-order valence-corrected chi connectivity index (χ1v) is 8.81. The summed E-state index contributed by atoms with van der Waals surface area (Å²) in [6.45, 7) is 1.64. The maximum Gasteiger partial charge on any atom is 0.446 e. The van der Waals surface area contributed by atoms with Crippen molar-refractivity contribution in [3.05, 3.63) is 50.3 Å². The SMILES string of the molecule is CCOC=C1C(SC(F)(F)F)=C(C#N)NN1c1c(Cl)cc(C(F)(F)F)cc1Cl. The van der Waals surface area contributed by atoms with E-state index in [4.69, 9.17) is 27.9 Å². The number of halogens is 8. The highest BCUT2D eigenvalue weighted by Crippen LogP contribution is 2.48. The number of rotatable bonds is 4. The van der Waals surface area contributed by atoms with Gasteiger partial charge in [0.25, 0.3) is 0 Å². The van der Waals surface area contributed by atoms with Crippen LogP contribution < -0.4 is 10.4 Å². The van der Waals surface area contributed by atoms with Crippen molar-refractivity contribution in [3.63, 3.8) is 0 Å². The van der Waals surface area contributed by atoms with Crippen molar-refractivity contribution in [2.45, 2.75) is 18.6 Å². The molecule has 0 bridgehead atoms. The van der Waals surface area contributed by atoms with E-state index < -0.39 is 49.7 Å². The summed E-state index contributed by atoms with van der Waals surface area (Å²) < 4.78 is 82.5. The average Bonchev–Trinajstić information content (AvgIpc) is 2.87. The van der Waals surface area contributed by atoms with Gasteiger partial charge in [-0.05, 0) is 30.8 Å². The molecule has 0 aromatic heterocycles. The molecule has 1 N–H and O–H groups in total. The summed E-state index contributed by atoms with van der Waals surface area (Å²) in [5.41, 5.74) is -4.58. The van der Waals surface area contributed by atoms with Crippen molar-refractivity contribution in [2.24, 2.45) is 0 Å². The number of anilines is 1.